The van der Waals surface area contributed by atoms with E-state index in [1.165, 1.54) is 13.8 Å². The molecule has 0 amide bonds. The van der Waals surface area contributed by atoms with E-state index in [1.807, 2.05) is 26.0 Å². The highest BCUT2D eigenvalue weighted by Gasteiger charge is 2.47. The van der Waals surface area contributed by atoms with Gasteiger partial charge in [0.15, 0.2) is 11.3 Å². The SMILES string of the molecule is CC[C@H]1O[C@@H](c2ccc(Cl)c(Cc3ccc(Cl)nn3)c2)[C@H](OC(C)=O)[C@@H](OC(C)=O)[C@@H]1C. The number of carbonyl (C=O) groups is 2. The molecule has 0 aliphatic carbocycles. The van der Waals surface area contributed by atoms with Crippen LogP contribution in [0.5, 0.6) is 0 Å². The molecule has 1 aromatic carbocycles. The number of hydrogen-bond donors (Lipinski definition) is 0. The van der Waals surface area contributed by atoms with Crippen LogP contribution in [-0.4, -0.2) is 40.4 Å². The summed E-state index contributed by atoms with van der Waals surface area (Å²) in [6, 6.07) is 8.94. The van der Waals surface area contributed by atoms with Crippen LogP contribution >= 0.6 is 23.2 Å². The second-order valence-electron chi connectivity index (χ2n) is 7.89. The highest BCUT2D eigenvalue weighted by molar-refractivity contribution is 6.31. The van der Waals surface area contributed by atoms with E-state index in [-0.39, 0.29) is 12.0 Å². The predicted molar refractivity (Wildman–Crippen MR) is 119 cm³/mol. The van der Waals surface area contributed by atoms with Gasteiger partial charge in [-0.25, -0.2) is 0 Å². The minimum Gasteiger partial charge on any atom is -0.458 e. The summed E-state index contributed by atoms with van der Waals surface area (Å²) in [4.78, 5) is 23.7. The number of halogens is 2. The first-order valence-electron chi connectivity index (χ1n) is 10.5. The molecule has 0 bridgehead atoms. The van der Waals surface area contributed by atoms with E-state index in [0.29, 0.717) is 28.7 Å². The van der Waals surface area contributed by atoms with Crippen LogP contribution in [0.15, 0.2) is 30.3 Å². The van der Waals surface area contributed by atoms with E-state index in [9.17, 15) is 9.59 Å². The van der Waals surface area contributed by atoms with Crippen molar-refractivity contribution in [3.05, 3.63) is 57.3 Å². The molecule has 0 saturated carbocycles. The molecule has 0 N–H and O–H groups in total. The first-order chi connectivity index (χ1) is 15.2. The Kier molecular flexibility index (Phi) is 8.09. The first-order valence-corrected chi connectivity index (χ1v) is 11.2. The van der Waals surface area contributed by atoms with Crippen molar-refractivity contribution < 1.29 is 23.8 Å². The van der Waals surface area contributed by atoms with Crippen LogP contribution in [-0.2, 0) is 30.2 Å². The lowest BCUT2D eigenvalue weighted by atomic mass is 9.84. The average Bonchev–Trinajstić information content (AvgIpc) is 2.73. The Labute approximate surface area is 197 Å². The molecule has 5 atom stereocenters. The number of ether oxygens (including phenoxy) is 3. The molecular formula is C23H26Cl2N2O5. The van der Waals surface area contributed by atoms with Crippen LogP contribution in [0.25, 0.3) is 0 Å². The van der Waals surface area contributed by atoms with E-state index in [1.54, 1.807) is 18.2 Å². The predicted octanol–water partition coefficient (Wildman–Crippen LogP) is 4.72. The lowest BCUT2D eigenvalue weighted by Crippen LogP contribution is -2.52. The summed E-state index contributed by atoms with van der Waals surface area (Å²) in [5.74, 6) is -1.07. The van der Waals surface area contributed by atoms with E-state index in [2.05, 4.69) is 10.2 Å². The largest absolute Gasteiger partial charge is 0.458 e. The fraction of sp³-hybridized carbons (Fsp3) is 0.478. The van der Waals surface area contributed by atoms with Gasteiger partial charge >= 0.3 is 11.9 Å². The Bertz CT molecular complexity index is 969. The molecule has 0 spiro atoms. The van der Waals surface area contributed by atoms with Gasteiger partial charge in [-0.3, -0.25) is 9.59 Å². The average molecular weight is 481 g/mol. The number of hydrogen-bond acceptors (Lipinski definition) is 7. The molecule has 1 aliphatic heterocycles. The van der Waals surface area contributed by atoms with Crippen molar-refractivity contribution in [3.8, 4) is 0 Å². The van der Waals surface area contributed by atoms with Gasteiger partial charge in [-0.05, 0) is 35.7 Å². The first kappa shape index (κ1) is 24.4. The van der Waals surface area contributed by atoms with Crippen molar-refractivity contribution in [2.45, 2.75) is 65.0 Å². The summed E-state index contributed by atoms with van der Waals surface area (Å²) in [6.07, 6.45) is -1.10. The van der Waals surface area contributed by atoms with Crippen LogP contribution in [0, 0.1) is 5.92 Å². The van der Waals surface area contributed by atoms with Gasteiger partial charge in [-0.15, -0.1) is 5.10 Å². The minimum atomic E-state index is -0.793. The van der Waals surface area contributed by atoms with Crippen LogP contribution in [0.1, 0.15) is 57.0 Å². The zero-order chi connectivity index (χ0) is 23.4. The summed E-state index contributed by atoms with van der Waals surface area (Å²) in [7, 11) is 0. The molecule has 32 heavy (non-hydrogen) atoms. The van der Waals surface area contributed by atoms with E-state index >= 15 is 0 Å². The molecule has 1 aromatic heterocycles. The normalized spacial score (nSPS) is 25.2. The summed E-state index contributed by atoms with van der Waals surface area (Å²) < 4.78 is 17.6. The van der Waals surface area contributed by atoms with Gasteiger partial charge in [0.1, 0.15) is 12.2 Å². The Morgan fingerprint density at radius 1 is 1.03 bits per heavy atom. The van der Waals surface area contributed by atoms with Gasteiger partial charge in [0, 0.05) is 31.2 Å². The van der Waals surface area contributed by atoms with Crippen molar-refractivity contribution in [2.24, 2.45) is 5.92 Å². The third kappa shape index (κ3) is 5.77. The zero-order valence-corrected chi connectivity index (χ0v) is 19.9. The molecule has 3 rings (SSSR count). The minimum absolute atomic E-state index is 0.152. The molecule has 0 radical (unpaired) electrons. The van der Waals surface area contributed by atoms with Gasteiger partial charge in [0.2, 0.25) is 0 Å². The summed E-state index contributed by atoms with van der Waals surface area (Å²) >= 11 is 12.3. The lowest BCUT2D eigenvalue weighted by molar-refractivity contribution is -0.225. The van der Waals surface area contributed by atoms with Crippen molar-refractivity contribution in [1.29, 1.82) is 0 Å². The van der Waals surface area contributed by atoms with Crippen molar-refractivity contribution in [2.75, 3.05) is 0 Å². The number of rotatable bonds is 6. The highest BCUT2D eigenvalue weighted by Crippen LogP contribution is 2.40. The Morgan fingerprint density at radius 2 is 1.72 bits per heavy atom. The quantitative estimate of drug-likeness (QED) is 0.552. The van der Waals surface area contributed by atoms with Gasteiger partial charge in [0.25, 0.3) is 0 Å². The van der Waals surface area contributed by atoms with E-state index in [4.69, 9.17) is 37.4 Å². The molecule has 172 valence electrons. The summed E-state index contributed by atoms with van der Waals surface area (Å²) in [5.41, 5.74) is 2.27. The number of nitrogens with zero attached hydrogens (tertiary/aromatic N) is 2. The summed E-state index contributed by atoms with van der Waals surface area (Å²) in [5, 5.41) is 8.83. The molecule has 1 saturated heterocycles. The fourth-order valence-electron chi connectivity index (χ4n) is 4.04. The Morgan fingerprint density at radius 3 is 2.31 bits per heavy atom. The number of esters is 2. The maximum Gasteiger partial charge on any atom is 0.303 e. The van der Waals surface area contributed by atoms with Crippen molar-refractivity contribution >= 4 is 35.1 Å². The topological polar surface area (TPSA) is 87.6 Å². The number of aromatic nitrogens is 2. The van der Waals surface area contributed by atoms with Gasteiger partial charge in [-0.1, -0.05) is 49.2 Å². The fourth-order valence-corrected chi connectivity index (χ4v) is 4.32. The zero-order valence-electron chi connectivity index (χ0n) is 18.4. The Balaban J connectivity index is 1.98. The van der Waals surface area contributed by atoms with E-state index in [0.717, 1.165) is 11.1 Å². The molecule has 2 heterocycles. The molecule has 2 aromatic rings. The van der Waals surface area contributed by atoms with Gasteiger partial charge in [0.05, 0.1) is 11.8 Å². The van der Waals surface area contributed by atoms with Gasteiger partial charge in [-0.2, -0.15) is 5.10 Å². The number of benzene rings is 1. The lowest BCUT2D eigenvalue weighted by Gasteiger charge is -2.44. The molecular weight excluding hydrogens is 455 g/mol. The van der Waals surface area contributed by atoms with Crippen LogP contribution in [0.3, 0.4) is 0 Å². The third-order valence-electron chi connectivity index (χ3n) is 5.51. The molecule has 9 heteroatoms. The molecule has 1 aliphatic rings. The Hall–Kier alpha value is -2.22. The third-order valence-corrected chi connectivity index (χ3v) is 6.08. The second kappa shape index (κ2) is 10.6. The van der Waals surface area contributed by atoms with Crippen molar-refractivity contribution in [1.82, 2.24) is 10.2 Å². The maximum atomic E-state index is 11.9. The maximum absolute atomic E-state index is 11.9. The smallest absolute Gasteiger partial charge is 0.303 e. The van der Waals surface area contributed by atoms with E-state index < -0.39 is 30.3 Å². The standard InChI is InChI=1S/C23H26Cl2N2O5/c1-5-19-12(2)21(30-13(3)28)23(31-14(4)29)22(32-19)15-6-8-18(24)16(10-15)11-17-7-9-20(25)27-26-17/h6-10,12,19,21-23H,5,11H2,1-4H3/t12-,19-,21+,22+,23-/m1/s1. The molecule has 1 fully saturated rings. The monoisotopic (exact) mass is 480 g/mol. The van der Waals surface area contributed by atoms with Crippen LogP contribution in [0.4, 0.5) is 0 Å². The highest BCUT2D eigenvalue weighted by atomic mass is 35.5. The second-order valence-corrected chi connectivity index (χ2v) is 8.68. The molecule has 0 unspecified atom stereocenters. The number of carbonyl (C=O) groups excluding carboxylic acids is 2. The van der Waals surface area contributed by atoms with Gasteiger partial charge < -0.3 is 14.2 Å². The van der Waals surface area contributed by atoms with Crippen molar-refractivity contribution in [3.63, 3.8) is 0 Å². The van der Waals surface area contributed by atoms with Crippen LogP contribution < -0.4 is 0 Å². The molecule has 7 nitrogen and oxygen atoms in total. The van der Waals surface area contributed by atoms with Crippen LogP contribution in [0.2, 0.25) is 10.2 Å². The summed E-state index contributed by atoms with van der Waals surface area (Å²) in [6.45, 7) is 6.60.